The minimum Gasteiger partial charge on any atom is -0.457 e. The van der Waals surface area contributed by atoms with E-state index >= 15 is 0 Å². The molecule has 0 saturated heterocycles. The van der Waals surface area contributed by atoms with E-state index in [1.807, 2.05) is 0 Å². The third-order valence-electron chi connectivity index (χ3n) is 10.8. The molecule has 0 spiro atoms. The highest BCUT2D eigenvalue weighted by molar-refractivity contribution is 7.47. The lowest BCUT2D eigenvalue weighted by molar-refractivity contribution is -0.154. The highest BCUT2D eigenvalue weighted by Crippen LogP contribution is 2.43. The number of ether oxygens (including phenoxy) is 2. The number of carbonyl (C=O) groups excluding carboxylic acids is 1. The summed E-state index contributed by atoms with van der Waals surface area (Å²) in [4.78, 5) is 22.7. The predicted molar refractivity (Wildman–Crippen MR) is 251 cm³/mol. The second-order valence-corrected chi connectivity index (χ2v) is 18.3. The zero-order valence-corrected chi connectivity index (χ0v) is 39.8. The number of aliphatic hydroxyl groups is 2. The fourth-order valence-electron chi connectivity index (χ4n) is 6.97. The molecule has 0 aromatic carbocycles. The number of esters is 1. The van der Waals surface area contributed by atoms with E-state index in [0.29, 0.717) is 6.61 Å². The number of phosphoric ester groups is 1. The van der Waals surface area contributed by atoms with Gasteiger partial charge in [-0.1, -0.05) is 192 Å². The molecule has 0 aromatic heterocycles. The van der Waals surface area contributed by atoms with Gasteiger partial charge in [0.1, 0.15) is 12.2 Å². The van der Waals surface area contributed by atoms with Gasteiger partial charge in [0.15, 0.2) is 0 Å². The molecule has 3 atom stereocenters. The SMILES string of the molecule is CCCCC/C=C\C/C=C\CCCCCCCCCC(=O)OC(COCCCCCCCCCCCC/C=C\CCCCCCCCCC)COP(=O)(O)OCC(O)CO. The van der Waals surface area contributed by atoms with Gasteiger partial charge in [0, 0.05) is 13.0 Å². The molecule has 0 aromatic rings. The smallest absolute Gasteiger partial charge is 0.457 e. The summed E-state index contributed by atoms with van der Waals surface area (Å²) in [6, 6.07) is 0. The molecule has 0 aliphatic heterocycles. The maximum Gasteiger partial charge on any atom is 0.472 e. The Morgan fingerprint density at radius 2 is 0.900 bits per heavy atom. The lowest BCUT2D eigenvalue weighted by atomic mass is 10.1. The molecule has 9 nitrogen and oxygen atoms in total. The van der Waals surface area contributed by atoms with Crippen LogP contribution in [0.2, 0.25) is 0 Å². The Morgan fingerprint density at radius 1 is 0.517 bits per heavy atom. The number of unbranched alkanes of at least 4 members (excludes halogenated alkanes) is 28. The van der Waals surface area contributed by atoms with E-state index in [1.54, 1.807) is 0 Å². The van der Waals surface area contributed by atoms with Crippen LogP contribution in [0.3, 0.4) is 0 Å². The number of carbonyl (C=O) groups is 1. The minimum absolute atomic E-state index is 0.0466. The summed E-state index contributed by atoms with van der Waals surface area (Å²) in [5.74, 6) is -0.389. The largest absolute Gasteiger partial charge is 0.472 e. The molecular formula is C50H95O9P. The average Bonchev–Trinajstić information content (AvgIpc) is 3.24. The molecule has 10 heteroatoms. The first-order valence-electron chi connectivity index (χ1n) is 25.0. The number of rotatable bonds is 48. The summed E-state index contributed by atoms with van der Waals surface area (Å²) >= 11 is 0. The third kappa shape index (κ3) is 46.2. The van der Waals surface area contributed by atoms with Crippen LogP contribution < -0.4 is 0 Å². The molecule has 0 aliphatic rings. The summed E-state index contributed by atoms with van der Waals surface area (Å²) in [6.45, 7) is 3.51. The van der Waals surface area contributed by atoms with Crippen LogP contribution >= 0.6 is 7.82 Å². The van der Waals surface area contributed by atoms with Crippen LogP contribution in [0.5, 0.6) is 0 Å². The molecule has 0 heterocycles. The van der Waals surface area contributed by atoms with Crippen LogP contribution in [0, 0.1) is 0 Å². The molecule has 60 heavy (non-hydrogen) atoms. The second kappa shape index (κ2) is 47.2. The first kappa shape index (κ1) is 58.7. The van der Waals surface area contributed by atoms with Crippen molar-refractivity contribution in [2.45, 2.75) is 244 Å². The van der Waals surface area contributed by atoms with E-state index in [9.17, 15) is 19.4 Å². The molecule has 3 unspecified atom stereocenters. The number of hydrogen-bond donors (Lipinski definition) is 3. The zero-order valence-electron chi connectivity index (χ0n) is 38.9. The van der Waals surface area contributed by atoms with Crippen LogP contribution in [-0.4, -0.2) is 66.3 Å². The Kier molecular flexibility index (Phi) is 46.1. The molecule has 354 valence electrons. The number of allylic oxidation sites excluding steroid dienone is 6. The fraction of sp³-hybridized carbons (Fsp3) is 0.860. The molecule has 0 radical (unpaired) electrons. The van der Waals surface area contributed by atoms with Gasteiger partial charge >= 0.3 is 13.8 Å². The second-order valence-electron chi connectivity index (χ2n) is 16.8. The maximum atomic E-state index is 12.7. The van der Waals surface area contributed by atoms with E-state index in [1.165, 1.54) is 154 Å². The van der Waals surface area contributed by atoms with Crippen LogP contribution in [-0.2, 0) is 27.9 Å². The summed E-state index contributed by atoms with van der Waals surface area (Å²) in [5.41, 5.74) is 0. The van der Waals surface area contributed by atoms with E-state index in [-0.39, 0.29) is 25.6 Å². The van der Waals surface area contributed by atoms with E-state index in [2.05, 4.69) is 50.3 Å². The summed E-state index contributed by atoms with van der Waals surface area (Å²) in [5, 5.41) is 18.4. The van der Waals surface area contributed by atoms with Crippen molar-refractivity contribution < 1.29 is 43.0 Å². The van der Waals surface area contributed by atoms with Gasteiger partial charge in [0.2, 0.25) is 0 Å². The van der Waals surface area contributed by atoms with Gasteiger partial charge < -0.3 is 24.6 Å². The zero-order chi connectivity index (χ0) is 43.9. The normalized spacial score (nSPS) is 14.2. The van der Waals surface area contributed by atoms with Crippen molar-refractivity contribution in [2.75, 3.05) is 33.0 Å². The lowest BCUT2D eigenvalue weighted by Gasteiger charge is -2.20. The first-order valence-corrected chi connectivity index (χ1v) is 26.5. The number of aliphatic hydroxyl groups excluding tert-OH is 2. The van der Waals surface area contributed by atoms with Crippen molar-refractivity contribution in [1.82, 2.24) is 0 Å². The monoisotopic (exact) mass is 871 g/mol. The highest BCUT2D eigenvalue weighted by atomic mass is 31.2. The summed E-state index contributed by atoms with van der Waals surface area (Å²) in [7, 11) is -4.52. The Bertz CT molecular complexity index is 1030. The number of hydrogen-bond acceptors (Lipinski definition) is 8. The first-order chi connectivity index (χ1) is 29.3. The molecule has 0 fully saturated rings. The van der Waals surface area contributed by atoms with Gasteiger partial charge in [0.25, 0.3) is 0 Å². The van der Waals surface area contributed by atoms with E-state index < -0.39 is 33.2 Å². The Morgan fingerprint density at radius 3 is 1.38 bits per heavy atom. The Labute approximate surface area is 369 Å². The number of phosphoric acid groups is 1. The Hall–Kier alpha value is -1.32. The fourth-order valence-corrected chi connectivity index (χ4v) is 7.76. The maximum absolute atomic E-state index is 12.7. The van der Waals surface area contributed by atoms with Crippen molar-refractivity contribution >= 4 is 13.8 Å². The van der Waals surface area contributed by atoms with Crippen LogP contribution in [0.1, 0.15) is 232 Å². The Balaban J connectivity index is 4.08. The van der Waals surface area contributed by atoms with Gasteiger partial charge in [-0.15, -0.1) is 0 Å². The standard InChI is InChI=1S/C50H95O9P/c1-3-5-7-9-11-13-15-17-19-21-22-23-24-25-27-29-31-33-35-37-39-41-43-56-46-49(47-58-60(54,55)57-45-48(52)44-51)59-50(53)42-40-38-36-34-32-30-28-26-20-18-16-14-12-10-8-6-4-2/h12,14,18,20-22,48-49,51-52H,3-11,13,15-17,19,23-47H2,1-2H3,(H,54,55)/b14-12-,20-18-,22-21-. The van der Waals surface area contributed by atoms with Crippen molar-refractivity contribution in [1.29, 1.82) is 0 Å². The van der Waals surface area contributed by atoms with Crippen LogP contribution in [0.15, 0.2) is 36.5 Å². The quantitative estimate of drug-likeness (QED) is 0.0237. The van der Waals surface area contributed by atoms with Crippen molar-refractivity contribution in [3.63, 3.8) is 0 Å². The molecule has 0 amide bonds. The van der Waals surface area contributed by atoms with Crippen molar-refractivity contribution in [2.24, 2.45) is 0 Å². The van der Waals surface area contributed by atoms with E-state index in [4.69, 9.17) is 23.6 Å². The molecule has 0 saturated carbocycles. The van der Waals surface area contributed by atoms with Gasteiger partial charge in [-0.25, -0.2) is 4.57 Å². The highest BCUT2D eigenvalue weighted by Gasteiger charge is 2.26. The minimum atomic E-state index is -4.52. The summed E-state index contributed by atoms with van der Waals surface area (Å²) < 4.78 is 33.5. The third-order valence-corrected chi connectivity index (χ3v) is 11.7. The van der Waals surface area contributed by atoms with Crippen LogP contribution in [0.4, 0.5) is 0 Å². The van der Waals surface area contributed by atoms with Gasteiger partial charge in [0.05, 0.1) is 26.4 Å². The lowest BCUT2D eigenvalue weighted by Crippen LogP contribution is -2.29. The van der Waals surface area contributed by atoms with Crippen molar-refractivity contribution in [3.8, 4) is 0 Å². The van der Waals surface area contributed by atoms with Crippen molar-refractivity contribution in [3.05, 3.63) is 36.5 Å². The van der Waals surface area contributed by atoms with Gasteiger partial charge in [-0.2, -0.15) is 0 Å². The summed E-state index contributed by atoms with van der Waals surface area (Å²) in [6.07, 6.45) is 52.5. The topological polar surface area (TPSA) is 132 Å². The molecule has 3 N–H and O–H groups in total. The molecule has 0 bridgehead atoms. The average molecular weight is 871 g/mol. The van der Waals surface area contributed by atoms with Crippen LogP contribution in [0.25, 0.3) is 0 Å². The molecule has 0 aliphatic carbocycles. The van der Waals surface area contributed by atoms with E-state index in [0.717, 1.165) is 57.8 Å². The predicted octanol–water partition coefficient (Wildman–Crippen LogP) is 14.4. The molecular weight excluding hydrogens is 776 g/mol. The molecule has 0 rings (SSSR count). The van der Waals surface area contributed by atoms with Gasteiger partial charge in [-0.3, -0.25) is 13.8 Å². The van der Waals surface area contributed by atoms with Gasteiger partial charge in [-0.05, 0) is 70.6 Å².